The van der Waals surface area contributed by atoms with E-state index in [0.29, 0.717) is 11.4 Å². The summed E-state index contributed by atoms with van der Waals surface area (Å²) in [5, 5.41) is 3.27. The molecule has 0 saturated carbocycles. The van der Waals surface area contributed by atoms with Crippen LogP contribution in [0.1, 0.15) is 0 Å². The van der Waals surface area contributed by atoms with E-state index in [4.69, 9.17) is 14.4 Å². The molecule has 0 aliphatic carbocycles. The van der Waals surface area contributed by atoms with Crippen molar-refractivity contribution in [3.05, 3.63) is 194 Å². The standard InChI is InChI=1S/C50H32N2O/c1-4-14-33(15-5-1)41-30-42(34-16-6-2-7-17-34)32-43(31-41)39-23-12-21-37(28-39)38-22-13-24-40(29-38)47-49-48(52-50(51-47)36-19-8-3-9-20-36)46-44-25-11-10-18-35(44)26-27-45(46)53-49/h1-32H. The van der Waals surface area contributed by atoms with Crippen LogP contribution < -0.4 is 0 Å². The zero-order valence-electron chi connectivity index (χ0n) is 28.8. The van der Waals surface area contributed by atoms with E-state index in [0.717, 1.165) is 60.8 Å². The van der Waals surface area contributed by atoms with Crippen LogP contribution in [0.3, 0.4) is 0 Å². The average Bonchev–Trinajstić information content (AvgIpc) is 3.63. The highest BCUT2D eigenvalue weighted by Crippen LogP contribution is 2.40. The summed E-state index contributed by atoms with van der Waals surface area (Å²) in [5.41, 5.74) is 14.3. The number of rotatable bonds is 6. The Kier molecular flexibility index (Phi) is 7.47. The van der Waals surface area contributed by atoms with Gasteiger partial charge in [-0.05, 0) is 91.7 Å². The second-order valence-electron chi connectivity index (χ2n) is 13.4. The summed E-state index contributed by atoms with van der Waals surface area (Å²) in [5.74, 6) is 0.670. The molecule has 10 aromatic rings. The second kappa shape index (κ2) is 12.9. The highest BCUT2D eigenvalue weighted by atomic mass is 16.3. The SMILES string of the molecule is c1ccc(-c2cc(-c3ccccc3)cc(-c3cccc(-c4cccc(-c5nc(-c6ccccc6)nc6c5oc5ccc7ccccc7c56)c4)c3)c2)cc1. The molecule has 0 bridgehead atoms. The molecular formula is C50H32N2O. The number of aromatic nitrogens is 2. The largest absolute Gasteiger partial charge is 0.452 e. The van der Waals surface area contributed by atoms with E-state index >= 15 is 0 Å². The van der Waals surface area contributed by atoms with Gasteiger partial charge in [0.25, 0.3) is 0 Å². The molecule has 0 radical (unpaired) electrons. The number of nitrogens with zero attached hydrogens (tertiary/aromatic N) is 2. The predicted octanol–water partition coefficient (Wildman–Crippen LogP) is 13.5. The summed E-state index contributed by atoms with van der Waals surface area (Å²) < 4.78 is 6.63. The predicted molar refractivity (Wildman–Crippen MR) is 219 cm³/mol. The fraction of sp³-hybridized carbons (Fsp3) is 0. The van der Waals surface area contributed by atoms with E-state index in [2.05, 4.69) is 170 Å². The van der Waals surface area contributed by atoms with Gasteiger partial charge in [0.2, 0.25) is 0 Å². The van der Waals surface area contributed by atoms with Gasteiger partial charge in [-0.2, -0.15) is 0 Å². The fourth-order valence-electron chi connectivity index (χ4n) is 7.43. The van der Waals surface area contributed by atoms with Gasteiger partial charge in [0, 0.05) is 11.1 Å². The third-order valence-electron chi connectivity index (χ3n) is 10.0. The summed E-state index contributed by atoms with van der Waals surface area (Å²) in [4.78, 5) is 10.3. The lowest BCUT2D eigenvalue weighted by Gasteiger charge is -2.13. The first-order valence-corrected chi connectivity index (χ1v) is 17.9. The van der Waals surface area contributed by atoms with Gasteiger partial charge in [0.05, 0.1) is 5.39 Å². The molecule has 0 unspecified atom stereocenters. The number of hydrogen-bond acceptors (Lipinski definition) is 3. The van der Waals surface area contributed by atoms with Crippen LogP contribution in [-0.4, -0.2) is 9.97 Å². The maximum Gasteiger partial charge on any atom is 0.180 e. The minimum atomic E-state index is 0.670. The molecule has 8 aromatic carbocycles. The number of hydrogen-bond donors (Lipinski definition) is 0. The first-order chi connectivity index (χ1) is 26.2. The smallest absolute Gasteiger partial charge is 0.180 e. The molecule has 2 aromatic heterocycles. The fourth-order valence-corrected chi connectivity index (χ4v) is 7.43. The highest BCUT2D eigenvalue weighted by molar-refractivity contribution is 6.19. The molecule has 0 aliphatic rings. The minimum Gasteiger partial charge on any atom is -0.452 e. The molecule has 3 nitrogen and oxygen atoms in total. The zero-order chi connectivity index (χ0) is 35.1. The van der Waals surface area contributed by atoms with Crippen LogP contribution >= 0.6 is 0 Å². The van der Waals surface area contributed by atoms with Crippen LogP contribution in [0.25, 0.3) is 100.0 Å². The van der Waals surface area contributed by atoms with E-state index in [1.165, 1.54) is 27.8 Å². The third kappa shape index (κ3) is 5.65. The van der Waals surface area contributed by atoms with Crippen molar-refractivity contribution < 1.29 is 4.42 Å². The van der Waals surface area contributed by atoms with Crippen LogP contribution in [-0.2, 0) is 0 Å². The summed E-state index contributed by atoms with van der Waals surface area (Å²) >= 11 is 0. The number of benzene rings is 8. The highest BCUT2D eigenvalue weighted by Gasteiger charge is 2.20. The molecule has 0 amide bonds. The molecule has 0 spiro atoms. The molecule has 0 fully saturated rings. The van der Waals surface area contributed by atoms with Crippen molar-refractivity contribution in [2.24, 2.45) is 0 Å². The van der Waals surface area contributed by atoms with Crippen molar-refractivity contribution in [3.63, 3.8) is 0 Å². The number of fused-ring (bicyclic) bond motifs is 5. The van der Waals surface area contributed by atoms with Crippen molar-refractivity contribution in [1.29, 1.82) is 0 Å². The Morgan fingerprint density at radius 1 is 0.340 bits per heavy atom. The summed E-state index contributed by atoms with van der Waals surface area (Å²) in [6.45, 7) is 0. The minimum absolute atomic E-state index is 0.670. The first-order valence-electron chi connectivity index (χ1n) is 17.9. The Morgan fingerprint density at radius 3 is 1.45 bits per heavy atom. The van der Waals surface area contributed by atoms with Crippen LogP contribution in [0.2, 0.25) is 0 Å². The van der Waals surface area contributed by atoms with Gasteiger partial charge in [0.15, 0.2) is 11.4 Å². The van der Waals surface area contributed by atoms with Crippen molar-refractivity contribution in [1.82, 2.24) is 9.97 Å². The maximum absolute atomic E-state index is 6.63. The molecule has 0 aliphatic heterocycles. The van der Waals surface area contributed by atoms with Crippen molar-refractivity contribution in [2.75, 3.05) is 0 Å². The van der Waals surface area contributed by atoms with E-state index in [9.17, 15) is 0 Å². The third-order valence-corrected chi connectivity index (χ3v) is 10.0. The normalized spacial score (nSPS) is 11.4. The molecule has 53 heavy (non-hydrogen) atoms. The van der Waals surface area contributed by atoms with Crippen molar-refractivity contribution in [3.8, 4) is 67.2 Å². The summed E-state index contributed by atoms with van der Waals surface area (Å²) in [6.07, 6.45) is 0. The van der Waals surface area contributed by atoms with Gasteiger partial charge in [-0.3, -0.25) is 0 Å². The Hall–Kier alpha value is -7.10. The Balaban J connectivity index is 1.12. The monoisotopic (exact) mass is 676 g/mol. The molecule has 0 atom stereocenters. The van der Waals surface area contributed by atoms with Crippen LogP contribution in [0.15, 0.2) is 199 Å². The van der Waals surface area contributed by atoms with Gasteiger partial charge in [-0.25, -0.2) is 9.97 Å². The lowest BCUT2D eigenvalue weighted by Crippen LogP contribution is -1.94. The summed E-state index contributed by atoms with van der Waals surface area (Å²) in [7, 11) is 0. The van der Waals surface area contributed by atoms with Crippen molar-refractivity contribution in [2.45, 2.75) is 0 Å². The lowest BCUT2D eigenvalue weighted by molar-refractivity contribution is 0.667. The molecule has 248 valence electrons. The zero-order valence-corrected chi connectivity index (χ0v) is 28.8. The number of furan rings is 1. The maximum atomic E-state index is 6.63. The molecule has 0 saturated heterocycles. The molecule has 0 N–H and O–H groups in total. The van der Waals surface area contributed by atoms with Gasteiger partial charge < -0.3 is 4.42 Å². The van der Waals surface area contributed by atoms with Crippen molar-refractivity contribution >= 4 is 32.8 Å². The van der Waals surface area contributed by atoms with Gasteiger partial charge in [0.1, 0.15) is 16.8 Å². The average molecular weight is 677 g/mol. The molecule has 10 rings (SSSR count). The van der Waals surface area contributed by atoms with E-state index < -0.39 is 0 Å². The van der Waals surface area contributed by atoms with Gasteiger partial charge >= 0.3 is 0 Å². The van der Waals surface area contributed by atoms with Crippen LogP contribution in [0.5, 0.6) is 0 Å². The van der Waals surface area contributed by atoms with Crippen LogP contribution in [0, 0.1) is 0 Å². The quantitative estimate of drug-likeness (QED) is 0.176. The summed E-state index contributed by atoms with van der Waals surface area (Å²) in [6, 6.07) is 68.3. The van der Waals surface area contributed by atoms with E-state index in [1.54, 1.807) is 0 Å². The van der Waals surface area contributed by atoms with Gasteiger partial charge in [-0.1, -0.05) is 158 Å². The first kappa shape index (κ1) is 30.7. The second-order valence-corrected chi connectivity index (χ2v) is 13.4. The Labute approximate surface area is 307 Å². The Morgan fingerprint density at radius 2 is 0.811 bits per heavy atom. The molecular weight excluding hydrogens is 645 g/mol. The molecule has 3 heteroatoms. The lowest BCUT2D eigenvalue weighted by atomic mass is 9.92. The topological polar surface area (TPSA) is 38.9 Å². The van der Waals surface area contributed by atoms with Crippen LogP contribution in [0.4, 0.5) is 0 Å². The Bertz CT molecular complexity index is 2870. The van der Waals surface area contributed by atoms with E-state index in [1.807, 2.05) is 24.3 Å². The molecule has 2 heterocycles. The van der Waals surface area contributed by atoms with E-state index in [-0.39, 0.29) is 0 Å². The van der Waals surface area contributed by atoms with Gasteiger partial charge in [-0.15, -0.1) is 0 Å².